The summed E-state index contributed by atoms with van der Waals surface area (Å²) in [5.74, 6) is 0. The van der Waals surface area contributed by atoms with Gasteiger partial charge in [0, 0.05) is 42.6 Å². The van der Waals surface area contributed by atoms with E-state index in [4.69, 9.17) is 0 Å². The first-order valence-electron chi connectivity index (χ1n) is 18.4. The summed E-state index contributed by atoms with van der Waals surface area (Å²) in [6.45, 7) is 0. The highest BCUT2D eigenvalue weighted by atomic mass is 32.1. The summed E-state index contributed by atoms with van der Waals surface area (Å²) >= 11 is 1.89. The average Bonchev–Trinajstić information content (AvgIpc) is 3.62. The molecule has 0 amide bonds. The van der Waals surface area contributed by atoms with E-state index < -0.39 is 0 Å². The maximum absolute atomic E-state index is 2.45. The molecular weight excluding hydrogens is 671 g/mol. The summed E-state index contributed by atoms with van der Waals surface area (Å²) in [5.41, 5.74) is 12.9. The Balaban J connectivity index is 1.24. The summed E-state index contributed by atoms with van der Waals surface area (Å²) in [5, 5.41) is 5.15. The first-order chi connectivity index (χ1) is 26.8. The highest BCUT2D eigenvalue weighted by Crippen LogP contribution is 2.49. The van der Waals surface area contributed by atoms with Gasteiger partial charge in [0.15, 0.2) is 0 Å². The molecule has 1 heterocycles. The van der Waals surface area contributed by atoms with Crippen LogP contribution in [0.2, 0.25) is 0 Å². The van der Waals surface area contributed by atoms with E-state index in [1.807, 2.05) is 11.3 Å². The second-order valence-electron chi connectivity index (χ2n) is 13.7. The van der Waals surface area contributed by atoms with Gasteiger partial charge in [-0.1, -0.05) is 170 Å². The van der Waals surface area contributed by atoms with Crippen molar-refractivity contribution in [2.45, 2.75) is 0 Å². The van der Waals surface area contributed by atoms with Gasteiger partial charge in [-0.2, -0.15) is 0 Å². The lowest BCUT2D eigenvalue weighted by atomic mass is 9.91. The van der Waals surface area contributed by atoms with Crippen LogP contribution in [-0.2, 0) is 0 Å². The van der Waals surface area contributed by atoms with Crippen molar-refractivity contribution in [1.82, 2.24) is 0 Å². The number of anilines is 3. The molecule has 0 saturated carbocycles. The molecule has 0 fully saturated rings. The monoisotopic (exact) mass is 705 g/mol. The minimum atomic E-state index is 1.10. The first kappa shape index (κ1) is 32.0. The van der Waals surface area contributed by atoms with Crippen molar-refractivity contribution in [3.05, 3.63) is 212 Å². The van der Waals surface area contributed by atoms with Crippen LogP contribution in [0, 0.1) is 0 Å². The standard InChI is InChI=1S/C52H35NS/c1-4-16-36(17-5-1)37-28-31-42(32-29-37)53(48-26-14-12-23-43(48)38-18-6-2-7-19-38)49-33-30-41(35-46(49)39-20-8-3-9-21-39)51-44-24-11-10-22-40(44)34-47-45-25-13-15-27-50(45)54-52(47)51/h1-35H. The number of fused-ring (bicyclic) bond motifs is 4. The van der Waals surface area contributed by atoms with Crippen molar-refractivity contribution in [1.29, 1.82) is 0 Å². The van der Waals surface area contributed by atoms with Crippen molar-refractivity contribution in [3.8, 4) is 44.5 Å². The lowest BCUT2D eigenvalue weighted by Crippen LogP contribution is -2.12. The second kappa shape index (κ2) is 13.7. The molecule has 1 aromatic heterocycles. The van der Waals surface area contributed by atoms with E-state index in [0.717, 1.165) is 17.1 Å². The van der Waals surface area contributed by atoms with Gasteiger partial charge in [-0.15, -0.1) is 11.3 Å². The topological polar surface area (TPSA) is 3.24 Å². The van der Waals surface area contributed by atoms with E-state index in [9.17, 15) is 0 Å². The molecular formula is C52H35NS. The molecule has 0 bridgehead atoms. The normalized spacial score (nSPS) is 11.3. The molecule has 0 atom stereocenters. The van der Waals surface area contributed by atoms with Gasteiger partial charge in [-0.25, -0.2) is 0 Å². The lowest BCUT2D eigenvalue weighted by molar-refractivity contribution is 1.28. The SMILES string of the molecule is c1ccc(-c2ccc(N(c3ccccc3-c3ccccc3)c3ccc(-c4c5ccccc5cc5c4sc4ccccc45)cc3-c3ccccc3)cc2)cc1. The largest absolute Gasteiger partial charge is 0.309 e. The van der Waals surface area contributed by atoms with Crippen LogP contribution in [-0.4, -0.2) is 0 Å². The Bertz CT molecular complexity index is 2910. The van der Waals surface area contributed by atoms with Crippen LogP contribution in [0.15, 0.2) is 212 Å². The van der Waals surface area contributed by atoms with E-state index in [2.05, 4.69) is 217 Å². The van der Waals surface area contributed by atoms with Gasteiger partial charge in [-0.3, -0.25) is 0 Å². The van der Waals surface area contributed by atoms with Gasteiger partial charge in [0.2, 0.25) is 0 Å². The fourth-order valence-corrected chi connectivity index (χ4v) is 9.18. The van der Waals surface area contributed by atoms with E-state index in [1.54, 1.807) is 0 Å². The number of thiophene rings is 1. The number of para-hydroxylation sites is 1. The Labute approximate surface area is 319 Å². The molecule has 0 radical (unpaired) electrons. The maximum atomic E-state index is 2.45. The molecule has 0 aliphatic carbocycles. The molecule has 254 valence electrons. The van der Waals surface area contributed by atoms with Crippen LogP contribution < -0.4 is 4.90 Å². The average molecular weight is 706 g/mol. The van der Waals surface area contributed by atoms with Crippen molar-refractivity contribution < 1.29 is 0 Å². The summed E-state index contributed by atoms with van der Waals surface area (Å²) < 4.78 is 2.64. The predicted octanol–water partition coefficient (Wildman–Crippen LogP) is 15.3. The van der Waals surface area contributed by atoms with Crippen LogP contribution in [0.1, 0.15) is 0 Å². The zero-order valence-electron chi connectivity index (χ0n) is 29.6. The molecule has 2 heteroatoms. The fraction of sp³-hybridized carbons (Fsp3) is 0. The third kappa shape index (κ3) is 5.65. The molecule has 0 aliphatic heterocycles. The molecule has 0 aliphatic rings. The number of benzene rings is 9. The zero-order valence-corrected chi connectivity index (χ0v) is 30.4. The summed E-state index contributed by atoms with van der Waals surface area (Å²) in [4.78, 5) is 2.45. The van der Waals surface area contributed by atoms with E-state index in [0.29, 0.717) is 0 Å². The third-order valence-corrected chi connectivity index (χ3v) is 11.7. The summed E-state index contributed by atoms with van der Waals surface area (Å²) in [6, 6.07) is 77.1. The van der Waals surface area contributed by atoms with Crippen LogP contribution in [0.25, 0.3) is 75.5 Å². The molecule has 54 heavy (non-hydrogen) atoms. The molecule has 0 N–H and O–H groups in total. The van der Waals surface area contributed by atoms with Gasteiger partial charge in [0.05, 0.1) is 11.4 Å². The van der Waals surface area contributed by atoms with E-state index in [-0.39, 0.29) is 0 Å². The predicted molar refractivity (Wildman–Crippen MR) is 233 cm³/mol. The Morgan fingerprint density at radius 1 is 0.333 bits per heavy atom. The molecule has 10 aromatic rings. The van der Waals surface area contributed by atoms with Crippen LogP contribution >= 0.6 is 11.3 Å². The smallest absolute Gasteiger partial charge is 0.0540 e. The minimum Gasteiger partial charge on any atom is -0.309 e. The number of hydrogen-bond donors (Lipinski definition) is 0. The van der Waals surface area contributed by atoms with Gasteiger partial charge in [0.25, 0.3) is 0 Å². The molecule has 0 saturated heterocycles. The highest BCUT2D eigenvalue weighted by Gasteiger charge is 2.23. The van der Waals surface area contributed by atoms with Crippen LogP contribution in [0.4, 0.5) is 17.1 Å². The maximum Gasteiger partial charge on any atom is 0.0540 e. The fourth-order valence-electron chi connectivity index (χ4n) is 7.92. The quantitative estimate of drug-likeness (QED) is 0.160. The molecule has 9 aromatic carbocycles. The van der Waals surface area contributed by atoms with Crippen molar-refractivity contribution in [2.24, 2.45) is 0 Å². The second-order valence-corrected chi connectivity index (χ2v) is 14.7. The third-order valence-electron chi connectivity index (χ3n) is 10.5. The number of hydrogen-bond acceptors (Lipinski definition) is 2. The van der Waals surface area contributed by atoms with E-state index in [1.165, 1.54) is 75.5 Å². The first-order valence-corrected chi connectivity index (χ1v) is 19.2. The molecule has 0 spiro atoms. The minimum absolute atomic E-state index is 1.10. The summed E-state index contributed by atoms with van der Waals surface area (Å²) in [6.07, 6.45) is 0. The Kier molecular flexibility index (Phi) is 8.09. The van der Waals surface area contributed by atoms with Gasteiger partial charge >= 0.3 is 0 Å². The van der Waals surface area contributed by atoms with E-state index >= 15 is 0 Å². The van der Waals surface area contributed by atoms with Crippen molar-refractivity contribution >= 4 is 59.3 Å². The van der Waals surface area contributed by atoms with Gasteiger partial charge in [-0.05, 0) is 81.1 Å². The number of rotatable bonds is 7. The lowest BCUT2D eigenvalue weighted by Gasteiger charge is -2.30. The van der Waals surface area contributed by atoms with Crippen LogP contribution in [0.3, 0.4) is 0 Å². The Hall–Kier alpha value is -6.74. The Morgan fingerprint density at radius 2 is 0.870 bits per heavy atom. The molecule has 10 rings (SSSR count). The van der Waals surface area contributed by atoms with Gasteiger partial charge in [0.1, 0.15) is 0 Å². The van der Waals surface area contributed by atoms with Crippen LogP contribution in [0.5, 0.6) is 0 Å². The van der Waals surface area contributed by atoms with Gasteiger partial charge < -0.3 is 4.90 Å². The molecule has 0 unspecified atom stereocenters. The summed E-state index contributed by atoms with van der Waals surface area (Å²) in [7, 11) is 0. The Morgan fingerprint density at radius 3 is 1.61 bits per heavy atom. The molecule has 1 nitrogen and oxygen atoms in total. The highest BCUT2D eigenvalue weighted by molar-refractivity contribution is 7.26. The number of nitrogens with zero attached hydrogens (tertiary/aromatic N) is 1. The van der Waals surface area contributed by atoms with Crippen molar-refractivity contribution in [3.63, 3.8) is 0 Å². The zero-order chi connectivity index (χ0) is 35.8. The van der Waals surface area contributed by atoms with Crippen molar-refractivity contribution in [2.75, 3.05) is 4.90 Å².